The summed E-state index contributed by atoms with van der Waals surface area (Å²) in [4.78, 5) is 4.96. The van der Waals surface area contributed by atoms with Crippen LogP contribution in [0.5, 0.6) is 0 Å². The molecule has 5 aromatic rings. The number of aromatic nitrogens is 2. The van der Waals surface area contributed by atoms with Gasteiger partial charge in [0.1, 0.15) is 0 Å². The first-order valence-electron chi connectivity index (χ1n) is 11.1. The first kappa shape index (κ1) is 18.7. The largest absolute Gasteiger partial charge is 0.355 e. The van der Waals surface area contributed by atoms with E-state index in [0.717, 1.165) is 41.0 Å². The van der Waals surface area contributed by atoms with Crippen molar-refractivity contribution in [1.82, 2.24) is 9.55 Å². The Labute approximate surface area is 186 Å². The van der Waals surface area contributed by atoms with Gasteiger partial charge < -0.3 is 9.88 Å². The average Bonchev–Trinajstić information content (AvgIpc) is 3.12. The van der Waals surface area contributed by atoms with Crippen LogP contribution in [0.1, 0.15) is 31.0 Å². The molecule has 0 saturated carbocycles. The van der Waals surface area contributed by atoms with Gasteiger partial charge in [-0.25, -0.2) is 0 Å². The molecule has 0 fully saturated rings. The zero-order valence-corrected chi connectivity index (χ0v) is 18.3. The fourth-order valence-electron chi connectivity index (χ4n) is 5.16. The Bertz CT molecular complexity index is 1460. The molecule has 6 rings (SSSR count). The fourth-order valence-corrected chi connectivity index (χ4v) is 5.32. The molecule has 31 heavy (non-hydrogen) atoms. The molecule has 154 valence electrons. The third kappa shape index (κ3) is 2.99. The summed E-state index contributed by atoms with van der Waals surface area (Å²) >= 11 is 6.29. The molecule has 0 amide bonds. The quantitative estimate of drug-likeness (QED) is 0.322. The summed E-state index contributed by atoms with van der Waals surface area (Å²) in [6.45, 7) is 3.17. The van der Waals surface area contributed by atoms with Crippen LogP contribution in [0.25, 0.3) is 32.7 Å². The molecule has 3 aromatic carbocycles. The highest BCUT2D eigenvalue weighted by Crippen LogP contribution is 2.37. The van der Waals surface area contributed by atoms with Gasteiger partial charge in [0.25, 0.3) is 0 Å². The van der Waals surface area contributed by atoms with E-state index in [1.807, 2.05) is 12.1 Å². The van der Waals surface area contributed by atoms with Crippen molar-refractivity contribution < 1.29 is 0 Å². The Morgan fingerprint density at radius 3 is 2.65 bits per heavy atom. The van der Waals surface area contributed by atoms with Gasteiger partial charge in [-0.3, -0.25) is 4.98 Å². The second-order valence-electron chi connectivity index (χ2n) is 8.40. The van der Waals surface area contributed by atoms with Gasteiger partial charge in [-0.05, 0) is 80.6 Å². The maximum atomic E-state index is 6.29. The minimum absolute atomic E-state index is 0.732. The number of nitrogens with zero attached hydrogens (tertiary/aromatic N) is 2. The molecule has 0 bridgehead atoms. The molecule has 0 radical (unpaired) electrons. The first-order valence-corrected chi connectivity index (χ1v) is 11.5. The van der Waals surface area contributed by atoms with Gasteiger partial charge in [0, 0.05) is 50.1 Å². The van der Waals surface area contributed by atoms with E-state index in [1.54, 1.807) is 0 Å². The van der Waals surface area contributed by atoms with Gasteiger partial charge in [0.05, 0.1) is 11.2 Å². The average molecular weight is 426 g/mol. The number of para-hydroxylation sites is 1. The number of aryl methyl sites for hydroxylation is 2. The molecule has 0 saturated heterocycles. The molecule has 0 aliphatic heterocycles. The van der Waals surface area contributed by atoms with E-state index in [9.17, 15) is 0 Å². The van der Waals surface area contributed by atoms with E-state index in [4.69, 9.17) is 16.6 Å². The number of rotatable bonds is 3. The Balaban J connectivity index is 1.55. The predicted octanol–water partition coefficient (Wildman–Crippen LogP) is 7.64. The lowest BCUT2D eigenvalue weighted by atomic mass is 9.92. The van der Waals surface area contributed by atoms with Crippen LogP contribution >= 0.6 is 11.6 Å². The van der Waals surface area contributed by atoms with Crippen molar-refractivity contribution in [3.05, 3.63) is 76.9 Å². The maximum absolute atomic E-state index is 6.29. The van der Waals surface area contributed by atoms with Crippen LogP contribution in [0.3, 0.4) is 0 Å². The zero-order valence-electron chi connectivity index (χ0n) is 17.6. The van der Waals surface area contributed by atoms with Crippen LogP contribution in [0.15, 0.2) is 60.7 Å². The van der Waals surface area contributed by atoms with Crippen LogP contribution in [-0.2, 0) is 19.4 Å². The smallest absolute Gasteiger partial charge is 0.0741 e. The van der Waals surface area contributed by atoms with Crippen LogP contribution in [0, 0.1) is 0 Å². The van der Waals surface area contributed by atoms with Gasteiger partial charge in [-0.15, -0.1) is 0 Å². The van der Waals surface area contributed by atoms with Crippen molar-refractivity contribution in [3.63, 3.8) is 0 Å². The van der Waals surface area contributed by atoms with Gasteiger partial charge in [0.15, 0.2) is 0 Å². The highest BCUT2D eigenvalue weighted by molar-refractivity contribution is 6.31. The number of hydrogen-bond donors (Lipinski definition) is 1. The molecular formula is C27H24ClN3. The van der Waals surface area contributed by atoms with Gasteiger partial charge in [-0.2, -0.15) is 0 Å². The Hall–Kier alpha value is -3.04. The number of halogens is 1. The third-order valence-electron chi connectivity index (χ3n) is 6.58. The summed E-state index contributed by atoms with van der Waals surface area (Å²) in [5.74, 6) is 0. The molecule has 2 heterocycles. The molecular weight excluding hydrogens is 402 g/mol. The predicted molar refractivity (Wildman–Crippen MR) is 132 cm³/mol. The summed E-state index contributed by atoms with van der Waals surface area (Å²) in [6.07, 6.45) is 4.52. The first-order chi connectivity index (χ1) is 15.2. The topological polar surface area (TPSA) is 29.9 Å². The minimum Gasteiger partial charge on any atom is -0.355 e. The molecule has 1 aliphatic rings. The summed E-state index contributed by atoms with van der Waals surface area (Å²) in [7, 11) is 0. The molecule has 0 unspecified atom stereocenters. The fraction of sp³-hybridized carbons (Fsp3) is 0.222. The van der Waals surface area contributed by atoms with Gasteiger partial charge in [-0.1, -0.05) is 29.8 Å². The van der Waals surface area contributed by atoms with E-state index in [-0.39, 0.29) is 0 Å². The highest BCUT2D eigenvalue weighted by atomic mass is 35.5. The van der Waals surface area contributed by atoms with Crippen LogP contribution in [0.2, 0.25) is 5.02 Å². The van der Waals surface area contributed by atoms with Crippen molar-refractivity contribution in [3.8, 4) is 0 Å². The molecule has 0 spiro atoms. The molecule has 1 aliphatic carbocycles. The normalized spacial score (nSPS) is 13.7. The van der Waals surface area contributed by atoms with Crippen LogP contribution in [-0.4, -0.2) is 9.55 Å². The second-order valence-corrected chi connectivity index (χ2v) is 8.84. The summed E-state index contributed by atoms with van der Waals surface area (Å²) in [5.41, 5.74) is 8.42. The van der Waals surface area contributed by atoms with E-state index < -0.39 is 0 Å². The lowest BCUT2D eigenvalue weighted by Gasteiger charge is -2.22. The van der Waals surface area contributed by atoms with Crippen molar-refractivity contribution in [1.29, 1.82) is 0 Å². The van der Waals surface area contributed by atoms with E-state index in [0.29, 0.717) is 0 Å². The molecule has 0 atom stereocenters. The molecule has 4 heteroatoms. The van der Waals surface area contributed by atoms with E-state index in [2.05, 4.69) is 65.3 Å². The number of benzene rings is 3. The van der Waals surface area contributed by atoms with Crippen molar-refractivity contribution in [2.45, 2.75) is 39.2 Å². The monoisotopic (exact) mass is 425 g/mol. The standard InChI is InChI=1S/C27H24ClN3/c1-2-31-25-10-6-4-7-19(25)22-16-18(12-14-26(22)31)29-27-20-8-3-5-9-23(20)30-24-15-17(28)11-13-21(24)27/h4,6-7,10-16H,2-3,5,8-9H2,1H3,(H,29,30). The third-order valence-corrected chi connectivity index (χ3v) is 6.82. The van der Waals surface area contributed by atoms with E-state index >= 15 is 0 Å². The lowest BCUT2D eigenvalue weighted by Crippen LogP contribution is -2.09. The molecule has 1 N–H and O–H groups in total. The highest BCUT2D eigenvalue weighted by Gasteiger charge is 2.19. The number of anilines is 2. The Kier molecular flexibility index (Phi) is 4.39. The van der Waals surface area contributed by atoms with Gasteiger partial charge >= 0.3 is 0 Å². The number of fused-ring (bicyclic) bond motifs is 5. The number of pyridine rings is 1. The number of hydrogen-bond acceptors (Lipinski definition) is 2. The second kappa shape index (κ2) is 7.28. The Morgan fingerprint density at radius 1 is 0.903 bits per heavy atom. The van der Waals surface area contributed by atoms with E-state index in [1.165, 1.54) is 51.6 Å². The van der Waals surface area contributed by atoms with Crippen LogP contribution in [0.4, 0.5) is 11.4 Å². The van der Waals surface area contributed by atoms with Crippen molar-refractivity contribution in [2.24, 2.45) is 0 Å². The van der Waals surface area contributed by atoms with Gasteiger partial charge in [0.2, 0.25) is 0 Å². The summed E-state index contributed by atoms with van der Waals surface area (Å²) in [5, 5.41) is 8.25. The summed E-state index contributed by atoms with van der Waals surface area (Å²) < 4.78 is 2.39. The van der Waals surface area contributed by atoms with Crippen LogP contribution < -0.4 is 5.32 Å². The lowest BCUT2D eigenvalue weighted by molar-refractivity contribution is 0.672. The summed E-state index contributed by atoms with van der Waals surface area (Å²) in [6, 6.07) is 21.5. The molecule has 2 aromatic heterocycles. The number of nitrogens with one attached hydrogen (secondary N) is 1. The SMILES string of the molecule is CCn1c2ccccc2c2cc(Nc3c4c(nc5cc(Cl)ccc35)CCCC4)ccc21. The zero-order chi connectivity index (χ0) is 20.9. The maximum Gasteiger partial charge on any atom is 0.0741 e. The molecule has 3 nitrogen and oxygen atoms in total. The minimum atomic E-state index is 0.732. The van der Waals surface area contributed by atoms with Crippen molar-refractivity contribution in [2.75, 3.05) is 5.32 Å². The van der Waals surface area contributed by atoms with Crippen molar-refractivity contribution >= 4 is 55.7 Å². The Morgan fingerprint density at radius 2 is 1.74 bits per heavy atom.